The molecule has 1 saturated heterocycles. The highest BCUT2D eigenvalue weighted by molar-refractivity contribution is 5.96. The summed E-state index contributed by atoms with van der Waals surface area (Å²) in [5.74, 6) is 1.88. The van der Waals surface area contributed by atoms with Crippen molar-refractivity contribution in [2.24, 2.45) is 5.92 Å². The fraction of sp³-hybridized carbons (Fsp3) is 0.360. The highest BCUT2D eigenvalue weighted by atomic mass is 16.5. The van der Waals surface area contributed by atoms with Crippen LogP contribution < -0.4 is 14.8 Å². The average Bonchev–Trinajstić information content (AvgIpc) is 3.27. The standard InChI is InChI=1S/C25H28N2O5/c1-30-21-8-7-18(13-22(21)31-2)14-24(28)26-16-17-9-11-27(12-10-17)25(29)23-15-19-5-3-4-6-20(19)32-23/h3-8,13,15,17H,9-12,14,16H2,1-2H3,(H,26,28). The zero-order chi connectivity index (χ0) is 22.5. The molecule has 1 aliphatic rings. The van der Waals surface area contributed by atoms with Crippen LogP contribution >= 0.6 is 0 Å². The van der Waals surface area contributed by atoms with E-state index in [4.69, 9.17) is 13.9 Å². The van der Waals surface area contributed by atoms with Crippen LogP contribution in [0.4, 0.5) is 0 Å². The van der Waals surface area contributed by atoms with E-state index in [0.717, 1.165) is 29.4 Å². The van der Waals surface area contributed by atoms with Crippen molar-refractivity contribution in [1.82, 2.24) is 10.2 Å². The molecule has 0 saturated carbocycles. The van der Waals surface area contributed by atoms with E-state index in [1.165, 1.54) is 0 Å². The van der Waals surface area contributed by atoms with Gasteiger partial charge in [0.1, 0.15) is 5.58 Å². The number of fused-ring (bicyclic) bond motifs is 1. The number of carbonyl (C=O) groups excluding carboxylic acids is 2. The number of amides is 2. The van der Waals surface area contributed by atoms with Crippen LogP contribution in [-0.4, -0.2) is 50.6 Å². The van der Waals surface area contributed by atoms with Crippen molar-refractivity contribution in [2.45, 2.75) is 19.3 Å². The first kappa shape index (κ1) is 21.7. The maximum absolute atomic E-state index is 12.8. The summed E-state index contributed by atoms with van der Waals surface area (Å²) < 4.78 is 16.2. The van der Waals surface area contributed by atoms with Crippen LogP contribution in [0.3, 0.4) is 0 Å². The lowest BCUT2D eigenvalue weighted by Crippen LogP contribution is -2.41. The number of rotatable bonds is 7. The Kier molecular flexibility index (Phi) is 6.63. The van der Waals surface area contributed by atoms with E-state index < -0.39 is 0 Å². The number of likely N-dealkylation sites (tertiary alicyclic amines) is 1. The zero-order valence-electron chi connectivity index (χ0n) is 18.4. The first-order valence-corrected chi connectivity index (χ1v) is 10.8. The summed E-state index contributed by atoms with van der Waals surface area (Å²) in [4.78, 5) is 27.0. The molecule has 7 heteroatoms. The van der Waals surface area contributed by atoms with Crippen LogP contribution in [0.1, 0.15) is 29.0 Å². The molecule has 0 unspecified atom stereocenters. The van der Waals surface area contributed by atoms with Crippen LogP contribution in [0.5, 0.6) is 11.5 Å². The Morgan fingerprint density at radius 2 is 1.78 bits per heavy atom. The molecule has 1 N–H and O–H groups in total. The van der Waals surface area contributed by atoms with Crippen LogP contribution in [0, 0.1) is 5.92 Å². The molecule has 2 amide bonds. The molecule has 3 aromatic rings. The normalized spacial score (nSPS) is 14.4. The van der Waals surface area contributed by atoms with Gasteiger partial charge in [0.05, 0.1) is 20.6 Å². The second kappa shape index (κ2) is 9.77. The maximum Gasteiger partial charge on any atom is 0.289 e. The molecular weight excluding hydrogens is 408 g/mol. The Bertz CT molecular complexity index is 1070. The summed E-state index contributed by atoms with van der Waals surface area (Å²) in [6.07, 6.45) is 1.98. The third-order valence-electron chi connectivity index (χ3n) is 5.94. The smallest absolute Gasteiger partial charge is 0.289 e. The molecular formula is C25H28N2O5. The number of carbonyl (C=O) groups is 2. The maximum atomic E-state index is 12.8. The molecule has 1 aliphatic heterocycles. The van der Waals surface area contributed by atoms with Crippen molar-refractivity contribution in [3.05, 3.63) is 59.9 Å². The number of methoxy groups -OCH3 is 2. The fourth-order valence-electron chi connectivity index (χ4n) is 4.08. The fourth-order valence-corrected chi connectivity index (χ4v) is 4.08. The number of hydrogen-bond donors (Lipinski definition) is 1. The van der Waals surface area contributed by atoms with E-state index in [9.17, 15) is 9.59 Å². The van der Waals surface area contributed by atoms with Gasteiger partial charge in [-0.2, -0.15) is 0 Å². The lowest BCUT2D eigenvalue weighted by molar-refractivity contribution is -0.120. The number of nitrogens with zero attached hydrogens (tertiary/aromatic N) is 1. The van der Waals surface area contributed by atoms with Gasteiger partial charge in [-0.3, -0.25) is 9.59 Å². The van der Waals surface area contributed by atoms with Crippen molar-refractivity contribution < 1.29 is 23.5 Å². The second-order valence-corrected chi connectivity index (χ2v) is 8.05. The predicted octanol–water partition coefficient (Wildman–Crippen LogP) is 3.66. The van der Waals surface area contributed by atoms with E-state index in [1.807, 2.05) is 41.3 Å². The summed E-state index contributed by atoms with van der Waals surface area (Å²) in [5, 5.41) is 3.96. The Labute approximate surface area is 187 Å². The SMILES string of the molecule is COc1ccc(CC(=O)NCC2CCN(C(=O)c3cc4ccccc4o3)CC2)cc1OC. The third kappa shape index (κ3) is 4.88. The zero-order valence-corrected chi connectivity index (χ0v) is 18.4. The molecule has 0 atom stereocenters. The molecule has 0 bridgehead atoms. The monoisotopic (exact) mass is 436 g/mol. The Hall–Kier alpha value is -3.48. The first-order chi connectivity index (χ1) is 15.6. The molecule has 1 fully saturated rings. The van der Waals surface area contributed by atoms with Crippen molar-refractivity contribution in [3.8, 4) is 11.5 Å². The van der Waals surface area contributed by atoms with Crippen LogP contribution in [-0.2, 0) is 11.2 Å². The van der Waals surface area contributed by atoms with Crippen LogP contribution in [0.2, 0.25) is 0 Å². The van der Waals surface area contributed by atoms with E-state index >= 15 is 0 Å². The molecule has 0 radical (unpaired) electrons. The first-order valence-electron chi connectivity index (χ1n) is 10.8. The minimum Gasteiger partial charge on any atom is -0.493 e. The Morgan fingerprint density at radius 3 is 2.50 bits per heavy atom. The van der Waals surface area contributed by atoms with Crippen LogP contribution in [0.15, 0.2) is 52.9 Å². The number of piperidine rings is 1. The Balaban J connectivity index is 1.24. The largest absolute Gasteiger partial charge is 0.493 e. The number of nitrogens with one attached hydrogen (secondary N) is 1. The van der Waals surface area contributed by atoms with Gasteiger partial charge < -0.3 is 24.1 Å². The predicted molar refractivity (Wildman–Crippen MR) is 121 cm³/mol. The van der Waals surface area contributed by atoms with Crippen molar-refractivity contribution in [1.29, 1.82) is 0 Å². The van der Waals surface area contributed by atoms with Gasteiger partial charge in [0.2, 0.25) is 5.91 Å². The summed E-state index contributed by atoms with van der Waals surface area (Å²) in [6, 6.07) is 14.9. The third-order valence-corrected chi connectivity index (χ3v) is 5.94. The minimum absolute atomic E-state index is 0.0296. The number of para-hydroxylation sites is 1. The van der Waals surface area contributed by atoms with E-state index in [0.29, 0.717) is 42.8 Å². The summed E-state index contributed by atoms with van der Waals surface area (Å²) in [5.41, 5.74) is 1.59. The van der Waals surface area contributed by atoms with Gasteiger partial charge in [0.15, 0.2) is 17.3 Å². The molecule has 1 aromatic heterocycles. The molecule has 32 heavy (non-hydrogen) atoms. The lowest BCUT2D eigenvalue weighted by Gasteiger charge is -2.31. The molecule has 0 aliphatic carbocycles. The summed E-state index contributed by atoms with van der Waals surface area (Å²) >= 11 is 0. The Morgan fingerprint density at radius 1 is 1.03 bits per heavy atom. The summed E-state index contributed by atoms with van der Waals surface area (Å²) in [6.45, 7) is 1.93. The van der Waals surface area contributed by atoms with Gasteiger partial charge in [-0.25, -0.2) is 0 Å². The molecule has 0 spiro atoms. The van der Waals surface area contributed by atoms with Gasteiger partial charge >= 0.3 is 0 Å². The number of hydrogen-bond acceptors (Lipinski definition) is 5. The quantitative estimate of drug-likeness (QED) is 0.611. The van der Waals surface area contributed by atoms with E-state index in [1.54, 1.807) is 26.4 Å². The van der Waals surface area contributed by atoms with Gasteiger partial charge in [0, 0.05) is 25.0 Å². The van der Waals surface area contributed by atoms with Gasteiger partial charge in [-0.1, -0.05) is 24.3 Å². The highest BCUT2D eigenvalue weighted by Gasteiger charge is 2.26. The summed E-state index contributed by atoms with van der Waals surface area (Å²) in [7, 11) is 3.16. The topological polar surface area (TPSA) is 81.0 Å². The molecule has 4 rings (SSSR count). The van der Waals surface area contributed by atoms with Gasteiger partial charge in [-0.05, 0) is 48.6 Å². The average molecular weight is 437 g/mol. The lowest BCUT2D eigenvalue weighted by atomic mass is 9.96. The molecule has 2 aromatic carbocycles. The molecule has 2 heterocycles. The van der Waals surface area contributed by atoms with Gasteiger partial charge in [0.25, 0.3) is 5.91 Å². The van der Waals surface area contributed by atoms with Crippen molar-refractivity contribution in [3.63, 3.8) is 0 Å². The van der Waals surface area contributed by atoms with E-state index in [-0.39, 0.29) is 18.2 Å². The number of furan rings is 1. The number of ether oxygens (including phenoxy) is 2. The van der Waals surface area contributed by atoms with Crippen molar-refractivity contribution >= 4 is 22.8 Å². The van der Waals surface area contributed by atoms with Crippen LogP contribution in [0.25, 0.3) is 11.0 Å². The molecule has 7 nitrogen and oxygen atoms in total. The van der Waals surface area contributed by atoms with Gasteiger partial charge in [-0.15, -0.1) is 0 Å². The highest BCUT2D eigenvalue weighted by Crippen LogP contribution is 2.28. The van der Waals surface area contributed by atoms with Crippen molar-refractivity contribution in [2.75, 3.05) is 33.9 Å². The number of benzene rings is 2. The van der Waals surface area contributed by atoms with E-state index in [2.05, 4.69) is 5.32 Å². The second-order valence-electron chi connectivity index (χ2n) is 8.05. The molecule has 168 valence electrons. The minimum atomic E-state index is -0.0721.